The van der Waals surface area contributed by atoms with Crippen molar-refractivity contribution in [1.29, 1.82) is 0 Å². The Hall–Kier alpha value is -4.31. The minimum Gasteiger partial charge on any atom is -0.481 e. The van der Waals surface area contributed by atoms with E-state index in [1.807, 2.05) is 48.7 Å². The lowest BCUT2D eigenvalue weighted by Gasteiger charge is -2.21. The Bertz CT molecular complexity index is 1500. The smallest absolute Gasteiger partial charge is 0.305 e. The number of aliphatic hydroxyl groups excluding tert-OH is 2. The number of anilines is 1. The minimum absolute atomic E-state index is 0.133. The van der Waals surface area contributed by atoms with E-state index in [4.69, 9.17) is 5.11 Å². The van der Waals surface area contributed by atoms with Crippen LogP contribution in [-0.2, 0) is 11.3 Å². The van der Waals surface area contributed by atoms with Gasteiger partial charge in [-0.25, -0.2) is 4.39 Å². The summed E-state index contributed by atoms with van der Waals surface area (Å²) < 4.78 is 15.9. The van der Waals surface area contributed by atoms with Crippen LogP contribution in [-0.4, -0.2) is 49.2 Å². The number of para-hydroxylation sites is 1. The molecule has 0 spiro atoms. The van der Waals surface area contributed by atoms with Gasteiger partial charge in [0.15, 0.2) is 0 Å². The van der Waals surface area contributed by atoms with Crippen LogP contribution in [0.15, 0.2) is 84.9 Å². The van der Waals surface area contributed by atoms with Crippen LogP contribution in [0.5, 0.6) is 0 Å². The molecule has 1 aromatic heterocycles. The van der Waals surface area contributed by atoms with Gasteiger partial charge in [0, 0.05) is 17.8 Å². The number of carbonyl (C=O) groups excluding carboxylic acids is 1. The Morgan fingerprint density at radius 1 is 0.857 bits per heavy atom. The van der Waals surface area contributed by atoms with E-state index in [2.05, 4.69) is 0 Å². The maximum absolute atomic E-state index is 14.2. The highest BCUT2D eigenvalue weighted by Crippen LogP contribution is 2.43. The number of carboxylic acid groups (broad SMARTS) is 1. The zero-order valence-corrected chi connectivity index (χ0v) is 23.5. The number of aliphatic carboxylic acids is 1. The molecule has 2 unspecified atom stereocenters. The zero-order chi connectivity index (χ0) is 30.4. The number of aromatic nitrogens is 1. The van der Waals surface area contributed by atoms with Crippen molar-refractivity contribution >= 4 is 17.6 Å². The van der Waals surface area contributed by atoms with Crippen LogP contribution in [0.3, 0.4) is 0 Å². The molecule has 0 fully saturated rings. The van der Waals surface area contributed by atoms with Gasteiger partial charge in [-0.15, -0.1) is 0 Å². The zero-order valence-electron chi connectivity index (χ0n) is 23.5. The topological polar surface area (TPSA) is 123 Å². The number of benzene rings is 3. The Kier molecular flexibility index (Phi) is 9.90. The van der Waals surface area contributed by atoms with E-state index in [0.29, 0.717) is 33.1 Å². The van der Waals surface area contributed by atoms with Crippen LogP contribution in [0.4, 0.5) is 10.1 Å². The van der Waals surface area contributed by atoms with Gasteiger partial charge in [0.1, 0.15) is 5.82 Å². The van der Waals surface area contributed by atoms with E-state index < -0.39 is 36.3 Å². The molecule has 0 aliphatic rings. The number of hydrogen-bond acceptors (Lipinski definition) is 5. The number of nitrogens with zero attached hydrogens (tertiary/aromatic N) is 2. The maximum Gasteiger partial charge on any atom is 0.305 e. The van der Waals surface area contributed by atoms with E-state index in [-0.39, 0.29) is 36.6 Å². The van der Waals surface area contributed by atoms with Crippen LogP contribution < -0.4 is 5.06 Å². The third-order valence-electron chi connectivity index (χ3n) is 7.08. The Labute approximate surface area is 243 Å². The first-order chi connectivity index (χ1) is 20.1. The van der Waals surface area contributed by atoms with E-state index in [0.717, 1.165) is 0 Å². The summed E-state index contributed by atoms with van der Waals surface area (Å²) in [6.07, 6.45) is -2.72. The number of carboxylic acids is 1. The van der Waals surface area contributed by atoms with Crippen molar-refractivity contribution in [2.45, 2.75) is 57.8 Å². The lowest BCUT2D eigenvalue weighted by atomic mass is 9.94. The minimum atomic E-state index is -1.21. The fourth-order valence-corrected chi connectivity index (χ4v) is 5.27. The highest BCUT2D eigenvalue weighted by atomic mass is 19.1. The van der Waals surface area contributed by atoms with Gasteiger partial charge in [-0.3, -0.25) is 14.8 Å². The average molecular weight is 575 g/mol. The second-order valence-electron chi connectivity index (χ2n) is 10.5. The predicted molar refractivity (Wildman–Crippen MR) is 158 cm³/mol. The van der Waals surface area contributed by atoms with Gasteiger partial charge in [-0.1, -0.05) is 62.4 Å². The van der Waals surface area contributed by atoms with Gasteiger partial charge in [-0.2, -0.15) is 5.06 Å². The largest absolute Gasteiger partial charge is 0.481 e. The fourth-order valence-electron chi connectivity index (χ4n) is 5.27. The number of rotatable bonds is 12. The molecule has 42 heavy (non-hydrogen) atoms. The van der Waals surface area contributed by atoms with Gasteiger partial charge < -0.3 is 19.9 Å². The van der Waals surface area contributed by atoms with Crippen LogP contribution >= 0.6 is 0 Å². The summed E-state index contributed by atoms with van der Waals surface area (Å²) in [7, 11) is 0. The highest BCUT2D eigenvalue weighted by Gasteiger charge is 2.33. The molecule has 0 radical (unpaired) electrons. The maximum atomic E-state index is 14.2. The molecular formula is C33H35FN2O6. The summed E-state index contributed by atoms with van der Waals surface area (Å²) in [5, 5.41) is 41.5. The number of halogens is 1. The molecule has 9 heteroatoms. The Balaban J connectivity index is 1.93. The van der Waals surface area contributed by atoms with Crippen molar-refractivity contribution in [3.05, 3.63) is 102 Å². The molecule has 1 heterocycles. The third-order valence-corrected chi connectivity index (χ3v) is 7.08. The molecule has 3 aromatic carbocycles. The molecule has 8 nitrogen and oxygen atoms in total. The monoisotopic (exact) mass is 574 g/mol. The number of hydroxylamine groups is 1. The SMILES string of the molecule is CC(C)c1c(C(=O)N(O)c2ccccc2)c(-c2ccccc2)c(-c2ccc(F)cc2)n1CCC(O)CC(O)CC(=O)O. The lowest BCUT2D eigenvalue weighted by Crippen LogP contribution is -2.28. The van der Waals surface area contributed by atoms with E-state index >= 15 is 0 Å². The molecule has 4 N–H and O–H groups in total. The number of amides is 1. The molecule has 4 rings (SSSR count). The summed E-state index contributed by atoms with van der Waals surface area (Å²) in [5.41, 5.74) is 3.64. The molecule has 0 saturated heterocycles. The number of aliphatic hydroxyl groups is 2. The fraction of sp³-hybridized carbons (Fsp3) is 0.273. The summed E-state index contributed by atoms with van der Waals surface area (Å²) in [5.74, 6) is -2.46. The van der Waals surface area contributed by atoms with Crippen molar-refractivity contribution < 1.29 is 34.5 Å². The first kappa shape index (κ1) is 30.6. The van der Waals surface area contributed by atoms with Crippen molar-refractivity contribution in [2.75, 3.05) is 5.06 Å². The Morgan fingerprint density at radius 3 is 2.02 bits per heavy atom. The van der Waals surface area contributed by atoms with Crippen molar-refractivity contribution in [1.82, 2.24) is 4.57 Å². The highest BCUT2D eigenvalue weighted by molar-refractivity contribution is 6.12. The van der Waals surface area contributed by atoms with Gasteiger partial charge in [-0.05, 0) is 66.3 Å². The van der Waals surface area contributed by atoms with E-state index in [9.17, 15) is 29.4 Å². The lowest BCUT2D eigenvalue weighted by molar-refractivity contribution is -0.139. The molecule has 4 aromatic rings. The first-order valence-electron chi connectivity index (χ1n) is 13.8. The number of hydrogen-bond donors (Lipinski definition) is 4. The van der Waals surface area contributed by atoms with Crippen LogP contribution in [0.25, 0.3) is 22.4 Å². The van der Waals surface area contributed by atoms with Crippen LogP contribution in [0.1, 0.15) is 55.1 Å². The molecular weight excluding hydrogens is 539 g/mol. The van der Waals surface area contributed by atoms with Gasteiger partial charge in [0.2, 0.25) is 0 Å². The molecule has 220 valence electrons. The standard InChI is InChI=1S/C33H35FN2O6/c1-21(2)31-30(33(41)36(42)25-11-7-4-8-12-25)29(22-9-5-3-6-10-22)32(23-13-15-24(34)16-14-23)35(31)18-17-26(37)19-27(38)20-28(39)40/h3-16,21,26-27,37-38,42H,17-20H2,1-2H3,(H,39,40). The molecule has 1 amide bonds. The summed E-state index contributed by atoms with van der Waals surface area (Å²) in [4.78, 5) is 25.1. The van der Waals surface area contributed by atoms with Crippen LogP contribution in [0, 0.1) is 5.82 Å². The van der Waals surface area contributed by atoms with Crippen molar-refractivity contribution in [3.63, 3.8) is 0 Å². The summed E-state index contributed by atoms with van der Waals surface area (Å²) in [6, 6.07) is 23.6. The first-order valence-corrected chi connectivity index (χ1v) is 13.8. The average Bonchev–Trinajstić information content (AvgIpc) is 3.31. The molecule has 2 atom stereocenters. The summed E-state index contributed by atoms with van der Waals surface area (Å²) in [6.45, 7) is 4.04. The van der Waals surface area contributed by atoms with Crippen molar-refractivity contribution in [3.8, 4) is 22.4 Å². The number of carbonyl (C=O) groups is 2. The van der Waals surface area contributed by atoms with Crippen LogP contribution in [0.2, 0.25) is 0 Å². The predicted octanol–water partition coefficient (Wildman–Crippen LogP) is 6.10. The van der Waals surface area contributed by atoms with E-state index in [1.165, 1.54) is 12.1 Å². The second-order valence-corrected chi connectivity index (χ2v) is 10.5. The van der Waals surface area contributed by atoms with Gasteiger partial charge >= 0.3 is 5.97 Å². The molecule has 0 aliphatic heterocycles. The third kappa shape index (κ3) is 6.94. The normalized spacial score (nSPS) is 12.7. The molecule has 0 bridgehead atoms. The van der Waals surface area contributed by atoms with E-state index in [1.54, 1.807) is 42.5 Å². The van der Waals surface area contributed by atoms with Gasteiger partial charge in [0.05, 0.1) is 35.6 Å². The second kappa shape index (κ2) is 13.6. The van der Waals surface area contributed by atoms with Crippen molar-refractivity contribution in [2.24, 2.45) is 0 Å². The van der Waals surface area contributed by atoms with Gasteiger partial charge in [0.25, 0.3) is 5.91 Å². The molecule has 0 aliphatic carbocycles. The summed E-state index contributed by atoms with van der Waals surface area (Å²) >= 11 is 0. The quantitative estimate of drug-likeness (QED) is 0.120. The Morgan fingerprint density at radius 2 is 1.45 bits per heavy atom. The molecule has 0 saturated carbocycles.